The normalized spacial score (nSPS) is 12.8. The van der Waals surface area contributed by atoms with Crippen LogP contribution in [0.3, 0.4) is 0 Å². The second-order valence-electron chi connectivity index (χ2n) is 6.14. The van der Waals surface area contributed by atoms with Gasteiger partial charge in [-0.1, -0.05) is 12.2 Å². The molecule has 0 aliphatic carbocycles. The molecule has 0 bridgehead atoms. The Bertz CT molecular complexity index is 575. The minimum atomic E-state index is -0.581. The van der Waals surface area contributed by atoms with E-state index in [-0.39, 0.29) is 6.04 Å². The van der Waals surface area contributed by atoms with Crippen molar-refractivity contribution in [3.8, 4) is 11.5 Å². The van der Waals surface area contributed by atoms with Crippen LogP contribution in [0.1, 0.15) is 33.3 Å². The molecule has 0 aromatic heterocycles. The van der Waals surface area contributed by atoms with Gasteiger partial charge in [0, 0.05) is 17.7 Å². The average molecular weight is 322 g/mol. The molecule has 1 rings (SSSR count). The number of benzene rings is 1. The highest BCUT2D eigenvalue weighted by atomic mass is 16.6. The number of carbonyl (C=O) groups excluding carboxylic acids is 1. The second kappa shape index (κ2) is 7.87. The Kier molecular flexibility index (Phi) is 6.45. The summed E-state index contributed by atoms with van der Waals surface area (Å²) in [6, 6.07) is 3.34. The first kappa shape index (κ1) is 18.8. The van der Waals surface area contributed by atoms with Crippen molar-refractivity contribution >= 4 is 17.9 Å². The van der Waals surface area contributed by atoms with E-state index >= 15 is 0 Å². The van der Waals surface area contributed by atoms with E-state index in [0.717, 1.165) is 5.56 Å². The molecule has 3 N–H and O–H groups in total. The summed E-state index contributed by atoms with van der Waals surface area (Å²) in [7, 11) is 3.09. The van der Waals surface area contributed by atoms with Gasteiger partial charge in [0.2, 0.25) is 0 Å². The molecule has 0 radical (unpaired) electrons. The molecule has 1 unspecified atom stereocenters. The SMILES string of the molecule is COc1cc(/C=C/C(C)N)c(NC(=O)OC(C)(C)C)cc1OC. The van der Waals surface area contributed by atoms with Gasteiger partial charge in [0.25, 0.3) is 0 Å². The summed E-state index contributed by atoms with van der Waals surface area (Å²) in [5.74, 6) is 1.07. The minimum Gasteiger partial charge on any atom is -0.493 e. The van der Waals surface area contributed by atoms with Gasteiger partial charge in [-0.25, -0.2) is 4.79 Å². The number of ether oxygens (including phenoxy) is 3. The van der Waals surface area contributed by atoms with Crippen molar-refractivity contribution in [1.29, 1.82) is 0 Å². The van der Waals surface area contributed by atoms with Crippen LogP contribution in [0, 0.1) is 0 Å². The quantitative estimate of drug-likeness (QED) is 0.868. The summed E-state index contributed by atoms with van der Waals surface area (Å²) in [5, 5.41) is 2.73. The minimum absolute atomic E-state index is 0.113. The topological polar surface area (TPSA) is 82.8 Å². The van der Waals surface area contributed by atoms with E-state index in [2.05, 4.69) is 5.32 Å². The van der Waals surface area contributed by atoms with E-state index in [1.54, 1.807) is 40.0 Å². The molecule has 0 spiro atoms. The number of nitrogens with one attached hydrogen (secondary N) is 1. The zero-order valence-corrected chi connectivity index (χ0v) is 14.6. The van der Waals surface area contributed by atoms with Crippen molar-refractivity contribution in [3.63, 3.8) is 0 Å². The van der Waals surface area contributed by atoms with E-state index in [0.29, 0.717) is 17.2 Å². The first-order chi connectivity index (χ1) is 10.7. The Morgan fingerprint density at radius 3 is 2.26 bits per heavy atom. The molecule has 0 saturated heterocycles. The maximum absolute atomic E-state index is 12.0. The molecule has 1 aromatic rings. The molecule has 1 amide bonds. The standard InChI is InChI=1S/C17H26N2O4/c1-11(18)7-8-12-9-14(21-5)15(22-6)10-13(12)19-16(20)23-17(2,3)4/h7-11H,18H2,1-6H3,(H,19,20)/b8-7+. The van der Waals surface area contributed by atoms with Gasteiger partial charge in [0.15, 0.2) is 11.5 Å². The lowest BCUT2D eigenvalue weighted by molar-refractivity contribution is 0.0636. The maximum atomic E-state index is 12.0. The number of carbonyl (C=O) groups is 1. The van der Waals surface area contributed by atoms with Gasteiger partial charge >= 0.3 is 6.09 Å². The summed E-state index contributed by atoms with van der Waals surface area (Å²) in [6.45, 7) is 7.27. The van der Waals surface area contributed by atoms with Gasteiger partial charge in [-0.05, 0) is 33.8 Å². The lowest BCUT2D eigenvalue weighted by Gasteiger charge is -2.21. The fourth-order valence-electron chi connectivity index (χ4n) is 1.81. The van der Waals surface area contributed by atoms with Crippen molar-refractivity contribution in [1.82, 2.24) is 0 Å². The number of amides is 1. The number of methoxy groups -OCH3 is 2. The summed E-state index contributed by atoms with van der Waals surface area (Å²) < 4.78 is 15.8. The smallest absolute Gasteiger partial charge is 0.412 e. The first-order valence-electron chi connectivity index (χ1n) is 7.36. The summed E-state index contributed by atoms with van der Waals surface area (Å²) in [4.78, 5) is 12.0. The first-order valence-corrected chi connectivity index (χ1v) is 7.36. The monoisotopic (exact) mass is 322 g/mol. The fraction of sp³-hybridized carbons (Fsp3) is 0.471. The largest absolute Gasteiger partial charge is 0.493 e. The Hall–Kier alpha value is -2.21. The van der Waals surface area contributed by atoms with E-state index < -0.39 is 11.7 Å². The fourth-order valence-corrected chi connectivity index (χ4v) is 1.81. The second-order valence-corrected chi connectivity index (χ2v) is 6.14. The van der Waals surface area contributed by atoms with Gasteiger partial charge in [0.1, 0.15) is 5.60 Å². The molecular formula is C17H26N2O4. The van der Waals surface area contributed by atoms with Crippen LogP contribution < -0.4 is 20.5 Å². The van der Waals surface area contributed by atoms with Crippen molar-refractivity contribution in [2.75, 3.05) is 19.5 Å². The Morgan fingerprint density at radius 1 is 1.22 bits per heavy atom. The molecule has 6 nitrogen and oxygen atoms in total. The van der Waals surface area contributed by atoms with Gasteiger partial charge < -0.3 is 19.9 Å². The van der Waals surface area contributed by atoms with Gasteiger partial charge in [-0.15, -0.1) is 0 Å². The van der Waals surface area contributed by atoms with Gasteiger partial charge in [0.05, 0.1) is 19.9 Å². The summed E-state index contributed by atoms with van der Waals surface area (Å²) in [6.07, 6.45) is 3.10. The van der Waals surface area contributed by atoms with E-state index in [9.17, 15) is 4.79 Å². The Labute approximate surface area is 137 Å². The Morgan fingerprint density at radius 2 is 1.78 bits per heavy atom. The lowest BCUT2D eigenvalue weighted by atomic mass is 10.1. The predicted octanol–water partition coefficient (Wildman–Crippen LogP) is 3.41. The molecule has 0 aliphatic heterocycles. The van der Waals surface area contributed by atoms with Crippen LogP contribution in [0.15, 0.2) is 18.2 Å². The molecule has 0 saturated carbocycles. The van der Waals surface area contributed by atoms with Crippen molar-refractivity contribution < 1.29 is 19.0 Å². The molecule has 0 aliphatic rings. The van der Waals surface area contributed by atoms with Crippen LogP contribution in [-0.4, -0.2) is 32.0 Å². The zero-order chi connectivity index (χ0) is 17.6. The number of nitrogens with two attached hydrogens (primary N) is 1. The molecule has 128 valence electrons. The Balaban J connectivity index is 3.18. The molecule has 23 heavy (non-hydrogen) atoms. The van der Waals surface area contributed by atoms with Crippen LogP contribution in [-0.2, 0) is 4.74 Å². The molecule has 6 heteroatoms. The van der Waals surface area contributed by atoms with Crippen LogP contribution >= 0.6 is 0 Å². The summed E-state index contributed by atoms with van der Waals surface area (Å²) >= 11 is 0. The predicted molar refractivity (Wildman–Crippen MR) is 92.1 cm³/mol. The number of rotatable bonds is 5. The van der Waals surface area contributed by atoms with Crippen LogP contribution in [0.2, 0.25) is 0 Å². The highest BCUT2D eigenvalue weighted by Gasteiger charge is 2.18. The zero-order valence-electron chi connectivity index (χ0n) is 14.6. The van der Waals surface area contributed by atoms with Crippen LogP contribution in [0.4, 0.5) is 10.5 Å². The van der Waals surface area contributed by atoms with Crippen LogP contribution in [0.25, 0.3) is 6.08 Å². The highest BCUT2D eigenvalue weighted by Crippen LogP contribution is 2.34. The van der Waals surface area contributed by atoms with E-state index in [1.807, 2.05) is 19.1 Å². The van der Waals surface area contributed by atoms with Gasteiger partial charge in [-0.3, -0.25) is 5.32 Å². The molecular weight excluding hydrogens is 296 g/mol. The third kappa shape index (κ3) is 6.20. The third-order valence-corrected chi connectivity index (χ3v) is 2.77. The van der Waals surface area contributed by atoms with Gasteiger partial charge in [-0.2, -0.15) is 0 Å². The van der Waals surface area contributed by atoms with Crippen molar-refractivity contribution in [2.45, 2.75) is 39.3 Å². The van der Waals surface area contributed by atoms with Crippen LogP contribution in [0.5, 0.6) is 11.5 Å². The van der Waals surface area contributed by atoms with E-state index in [4.69, 9.17) is 19.9 Å². The lowest BCUT2D eigenvalue weighted by Crippen LogP contribution is -2.27. The average Bonchev–Trinajstić information content (AvgIpc) is 2.43. The number of anilines is 1. The maximum Gasteiger partial charge on any atom is 0.412 e. The van der Waals surface area contributed by atoms with E-state index in [1.165, 1.54) is 7.11 Å². The number of hydrogen-bond acceptors (Lipinski definition) is 5. The highest BCUT2D eigenvalue weighted by molar-refractivity contribution is 5.89. The summed E-state index contributed by atoms with van der Waals surface area (Å²) in [5.41, 5.74) is 6.46. The molecule has 0 fully saturated rings. The van der Waals surface area contributed by atoms with Crippen molar-refractivity contribution in [2.24, 2.45) is 5.73 Å². The molecule has 1 aromatic carbocycles. The molecule has 1 atom stereocenters. The number of hydrogen-bond donors (Lipinski definition) is 2. The van der Waals surface area contributed by atoms with Crippen molar-refractivity contribution in [3.05, 3.63) is 23.8 Å². The third-order valence-electron chi connectivity index (χ3n) is 2.77. The molecule has 0 heterocycles.